The van der Waals surface area contributed by atoms with E-state index in [0.29, 0.717) is 25.3 Å². The van der Waals surface area contributed by atoms with E-state index >= 15 is 0 Å². The number of hydrogen-bond donors (Lipinski definition) is 0. The molecule has 0 aromatic carbocycles. The first-order valence-electron chi connectivity index (χ1n) is 13.4. The van der Waals surface area contributed by atoms with E-state index in [1.165, 1.54) is 44.9 Å². The van der Waals surface area contributed by atoms with Gasteiger partial charge in [-0.05, 0) is 25.0 Å². The molecule has 0 amide bonds. The van der Waals surface area contributed by atoms with Gasteiger partial charge in [0, 0.05) is 12.2 Å². The average Bonchev–Trinajstić information content (AvgIpc) is 2.81. The number of phosphoric acid groups is 1. The summed E-state index contributed by atoms with van der Waals surface area (Å²) in [4.78, 5) is 43.9. The molecule has 0 bridgehead atoms. The van der Waals surface area contributed by atoms with Crippen molar-refractivity contribution in [2.75, 3.05) is 24.7 Å². The van der Waals surface area contributed by atoms with Crippen LogP contribution in [0.4, 0.5) is 0 Å². The van der Waals surface area contributed by atoms with Gasteiger partial charge >= 0.3 is 65.1 Å². The Morgan fingerprint density at radius 3 is 1.89 bits per heavy atom. The normalized spacial score (nSPS) is 11.8. The number of esters is 1. The van der Waals surface area contributed by atoms with Crippen LogP contribution in [0, 0.1) is 0 Å². The van der Waals surface area contributed by atoms with Gasteiger partial charge in [0.15, 0.2) is 0 Å². The van der Waals surface area contributed by atoms with Gasteiger partial charge in [-0.1, -0.05) is 90.4 Å². The predicted molar refractivity (Wildman–Crippen MR) is 137 cm³/mol. The monoisotopic (exact) mass is 584 g/mol. The number of phosphoric ester groups is 1. The van der Waals surface area contributed by atoms with E-state index < -0.39 is 20.5 Å². The summed E-state index contributed by atoms with van der Waals surface area (Å²) < 4.78 is 25.3. The quantitative estimate of drug-likeness (QED) is 0.0406. The van der Waals surface area contributed by atoms with E-state index in [1.54, 1.807) is 11.8 Å². The van der Waals surface area contributed by atoms with Gasteiger partial charge in [-0.3, -0.25) is 9.59 Å². The third kappa shape index (κ3) is 35.4. The molecule has 0 aromatic rings. The van der Waals surface area contributed by atoms with Crippen LogP contribution in [-0.4, -0.2) is 43.3 Å². The molecule has 0 spiro atoms. The van der Waals surface area contributed by atoms with E-state index in [4.69, 9.17) is 4.74 Å². The van der Waals surface area contributed by atoms with E-state index in [0.717, 1.165) is 63.5 Å². The van der Waals surface area contributed by atoms with Crippen molar-refractivity contribution in [1.29, 1.82) is 0 Å². The van der Waals surface area contributed by atoms with Crippen molar-refractivity contribution in [3.05, 3.63) is 0 Å². The molecule has 0 saturated heterocycles. The maximum absolute atomic E-state index is 12.2. The Bertz CT molecular complexity index is 555. The number of thioether (sulfide) groups is 1. The smallest absolute Gasteiger partial charge is 0.790 e. The molecule has 0 fully saturated rings. The van der Waals surface area contributed by atoms with Gasteiger partial charge in [0.2, 0.25) is 0 Å². The van der Waals surface area contributed by atoms with Gasteiger partial charge < -0.3 is 28.3 Å². The van der Waals surface area contributed by atoms with Crippen LogP contribution >= 0.6 is 19.6 Å². The molecule has 208 valence electrons. The van der Waals surface area contributed by atoms with Crippen LogP contribution in [0.5, 0.6) is 0 Å². The van der Waals surface area contributed by atoms with Crippen molar-refractivity contribution in [2.24, 2.45) is 0 Å². The van der Waals surface area contributed by atoms with E-state index in [1.807, 2.05) is 0 Å². The van der Waals surface area contributed by atoms with Crippen molar-refractivity contribution in [1.82, 2.24) is 0 Å². The first kappa shape index (κ1) is 42.9. The Balaban J connectivity index is -0.00000578. The Labute approximate surface area is 273 Å². The van der Waals surface area contributed by atoms with Crippen molar-refractivity contribution in [3.8, 4) is 0 Å². The zero-order valence-electron chi connectivity index (χ0n) is 23.6. The second-order valence-corrected chi connectivity index (χ2v) is 11.3. The molecule has 0 aromatic heterocycles. The number of rotatable bonds is 27. The van der Waals surface area contributed by atoms with Crippen LogP contribution in [0.25, 0.3) is 0 Å². The third-order valence-corrected chi connectivity index (χ3v) is 7.27. The molecule has 8 nitrogen and oxygen atoms in total. The molecule has 0 aliphatic heterocycles. The molecular weight excluding hydrogens is 537 g/mol. The summed E-state index contributed by atoms with van der Waals surface area (Å²) in [5.41, 5.74) is 0. The molecule has 0 rings (SSSR count). The van der Waals surface area contributed by atoms with Gasteiger partial charge in [0.1, 0.15) is 6.10 Å². The van der Waals surface area contributed by atoms with Crippen molar-refractivity contribution >= 4 is 32.0 Å². The minimum absolute atomic E-state index is 0. The zero-order chi connectivity index (χ0) is 26.0. The number of hydrogen-bond acceptors (Lipinski definition) is 9. The summed E-state index contributed by atoms with van der Waals surface area (Å²) in [7, 11) is -5.10. The number of carbonyl (C=O) groups excluding carboxylic acids is 2. The largest absolute Gasteiger partial charge is 1.00 e. The molecule has 0 unspecified atom stereocenters. The standard InChI is InChI=1S/C25H49O8PS.2Na/c1-2-3-4-5-6-9-12-15-18-25(27)33-24(21-32-34(28,29)30)22-35-20-17-14-11-8-7-10-13-16-19-31-23-26;;/h23-24H,2-22H2,1H3,(H2,28,29,30);;/q;2*+1/p-2/t24-;;/m1../s1. The van der Waals surface area contributed by atoms with Crippen LogP contribution in [0.1, 0.15) is 116 Å². The predicted octanol–water partition coefficient (Wildman–Crippen LogP) is -0.691. The Morgan fingerprint density at radius 2 is 1.35 bits per heavy atom. The number of ether oxygens (including phenoxy) is 2. The van der Waals surface area contributed by atoms with Crippen LogP contribution in [-0.2, 0) is 28.2 Å². The Morgan fingerprint density at radius 1 is 0.838 bits per heavy atom. The number of carbonyl (C=O) groups is 2. The maximum Gasteiger partial charge on any atom is 1.00 e. The maximum atomic E-state index is 12.2. The first-order valence-corrected chi connectivity index (χ1v) is 16.0. The van der Waals surface area contributed by atoms with Gasteiger partial charge in [-0.2, -0.15) is 11.8 Å². The minimum atomic E-state index is -5.10. The molecular formula is C25H47Na2O8PS. The van der Waals surface area contributed by atoms with Crippen molar-refractivity contribution in [3.63, 3.8) is 0 Å². The molecule has 0 saturated carbocycles. The minimum Gasteiger partial charge on any atom is -0.790 e. The molecule has 0 aliphatic carbocycles. The summed E-state index contributed by atoms with van der Waals surface area (Å²) >= 11 is 1.58. The van der Waals surface area contributed by atoms with Gasteiger partial charge in [-0.25, -0.2) is 0 Å². The van der Waals surface area contributed by atoms with Crippen LogP contribution in [0.3, 0.4) is 0 Å². The first-order chi connectivity index (χ1) is 16.9. The fraction of sp³-hybridized carbons (Fsp3) is 0.920. The second-order valence-electron chi connectivity index (χ2n) is 8.95. The third-order valence-electron chi connectivity index (χ3n) is 5.62. The molecule has 0 aliphatic rings. The van der Waals surface area contributed by atoms with Crippen molar-refractivity contribution < 1.29 is 97.1 Å². The topological polar surface area (TPSA) is 125 Å². The second kappa shape index (κ2) is 31.9. The number of unbranched alkanes of at least 4 members (excludes halogenated alkanes) is 14. The SMILES string of the molecule is CCCCCCCCCCC(=O)O[C@H](COP(=O)([O-])[O-])CSCCCCCCCCCCOC=O.[Na+].[Na+]. The van der Waals surface area contributed by atoms with E-state index in [9.17, 15) is 23.9 Å². The summed E-state index contributed by atoms with van der Waals surface area (Å²) in [6.07, 6.45) is 17.3. The van der Waals surface area contributed by atoms with E-state index in [-0.39, 0.29) is 65.1 Å². The Hall–Kier alpha value is 1.40. The summed E-state index contributed by atoms with van der Waals surface area (Å²) in [5.74, 6) is 0.919. The summed E-state index contributed by atoms with van der Waals surface area (Å²) in [5, 5.41) is 0. The average molecular weight is 585 g/mol. The zero-order valence-corrected chi connectivity index (χ0v) is 29.3. The van der Waals surface area contributed by atoms with E-state index in [2.05, 4.69) is 16.2 Å². The van der Waals surface area contributed by atoms with Crippen LogP contribution in [0.2, 0.25) is 0 Å². The molecule has 12 heteroatoms. The van der Waals surface area contributed by atoms with Gasteiger partial charge in [-0.15, -0.1) is 0 Å². The summed E-state index contributed by atoms with van der Waals surface area (Å²) in [6.45, 7) is 2.76. The molecule has 37 heavy (non-hydrogen) atoms. The van der Waals surface area contributed by atoms with Gasteiger partial charge in [0.25, 0.3) is 6.47 Å². The molecule has 0 heterocycles. The van der Waals surface area contributed by atoms with Crippen LogP contribution < -0.4 is 68.9 Å². The molecule has 1 atom stereocenters. The fourth-order valence-corrected chi connectivity index (χ4v) is 5.00. The Kier molecular flexibility index (Phi) is 37.0. The molecule has 0 radical (unpaired) electrons. The fourth-order valence-electron chi connectivity index (χ4n) is 3.65. The van der Waals surface area contributed by atoms with Crippen molar-refractivity contribution in [2.45, 2.75) is 122 Å². The van der Waals surface area contributed by atoms with Crippen LogP contribution in [0.15, 0.2) is 0 Å². The molecule has 0 N–H and O–H groups in total. The van der Waals surface area contributed by atoms with Gasteiger partial charge in [0.05, 0.1) is 21.0 Å². The summed E-state index contributed by atoms with van der Waals surface area (Å²) in [6, 6.07) is 0.